The summed E-state index contributed by atoms with van der Waals surface area (Å²) in [7, 11) is 0. The number of nitrogens with zero attached hydrogens (tertiary/aromatic N) is 3. The molecule has 8 heteroatoms. The zero-order valence-electron chi connectivity index (χ0n) is 11.5. The first kappa shape index (κ1) is 15.6. The smallest absolute Gasteiger partial charge is 0.285 e. The Kier molecular flexibility index (Phi) is 5.40. The molecule has 2 rings (SSSR count). The molecule has 0 fully saturated rings. The van der Waals surface area contributed by atoms with Gasteiger partial charge in [0.05, 0.1) is 18.5 Å². The normalized spacial score (nSPS) is 10.8. The van der Waals surface area contributed by atoms with Crippen LogP contribution in [0.1, 0.15) is 27.9 Å². The largest absolute Gasteiger partial charge is 0.493 e. The van der Waals surface area contributed by atoms with Crippen molar-refractivity contribution >= 4 is 39.6 Å². The zero-order chi connectivity index (χ0) is 15.2. The maximum atomic E-state index is 11.9. The molecular weight excluding hydrogens is 356 g/mol. The van der Waals surface area contributed by atoms with E-state index in [0.717, 1.165) is 21.6 Å². The predicted octanol–water partition coefficient (Wildman–Crippen LogP) is 2.77. The van der Waals surface area contributed by atoms with E-state index in [-0.39, 0.29) is 5.91 Å². The van der Waals surface area contributed by atoms with Crippen molar-refractivity contribution in [1.29, 1.82) is 0 Å². The quantitative estimate of drug-likeness (QED) is 0.650. The van der Waals surface area contributed by atoms with Gasteiger partial charge < -0.3 is 4.74 Å². The Balaban J connectivity index is 2.09. The lowest BCUT2D eigenvalue weighted by molar-refractivity contribution is 0.0958. The van der Waals surface area contributed by atoms with Crippen molar-refractivity contribution in [3.8, 4) is 5.75 Å². The number of amides is 1. The number of rotatable bonds is 5. The molecular formula is C13H13BrN4O2S. The Labute approximate surface area is 134 Å². The van der Waals surface area contributed by atoms with Gasteiger partial charge >= 0.3 is 0 Å². The first-order valence-electron chi connectivity index (χ1n) is 6.16. The number of hydrazone groups is 1. The lowest BCUT2D eigenvalue weighted by atomic mass is 10.2. The van der Waals surface area contributed by atoms with Crippen molar-refractivity contribution < 1.29 is 9.53 Å². The Morgan fingerprint density at radius 1 is 1.57 bits per heavy atom. The minimum absolute atomic E-state index is 0.327. The molecule has 1 heterocycles. The summed E-state index contributed by atoms with van der Waals surface area (Å²) < 4.78 is 10.1. The van der Waals surface area contributed by atoms with E-state index in [2.05, 4.69) is 36.0 Å². The van der Waals surface area contributed by atoms with Crippen LogP contribution >= 0.6 is 27.5 Å². The fourth-order valence-corrected chi connectivity index (χ4v) is 2.48. The van der Waals surface area contributed by atoms with Crippen molar-refractivity contribution in [2.24, 2.45) is 5.10 Å². The van der Waals surface area contributed by atoms with E-state index in [1.54, 1.807) is 6.92 Å². The van der Waals surface area contributed by atoms with Gasteiger partial charge in [0.2, 0.25) is 0 Å². The third-order valence-electron chi connectivity index (χ3n) is 2.50. The molecule has 110 valence electrons. The number of hydrogen-bond acceptors (Lipinski definition) is 6. The van der Waals surface area contributed by atoms with Gasteiger partial charge in [-0.15, -0.1) is 5.10 Å². The predicted molar refractivity (Wildman–Crippen MR) is 85.0 cm³/mol. The van der Waals surface area contributed by atoms with E-state index in [1.807, 2.05) is 25.1 Å². The summed E-state index contributed by atoms with van der Waals surface area (Å²) in [6, 6.07) is 5.58. The minimum Gasteiger partial charge on any atom is -0.493 e. The second kappa shape index (κ2) is 7.28. The van der Waals surface area contributed by atoms with Gasteiger partial charge in [-0.05, 0) is 43.6 Å². The molecule has 1 amide bonds. The van der Waals surface area contributed by atoms with Crippen LogP contribution in [0.25, 0.3) is 0 Å². The molecule has 0 radical (unpaired) electrons. The monoisotopic (exact) mass is 368 g/mol. The Hall–Kier alpha value is -1.80. The van der Waals surface area contributed by atoms with E-state index < -0.39 is 0 Å². The van der Waals surface area contributed by atoms with Crippen LogP contribution in [-0.4, -0.2) is 28.3 Å². The first-order chi connectivity index (χ1) is 10.1. The number of hydrogen-bond donors (Lipinski definition) is 1. The molecule has 0 aliphatic rings. The molecule has 0 spiro atoms. The maximum absolute atomic E-state index is 11.9. The standard InChI is InChI=1S/C13H13BrN4O2S/c1-3-20-11-5-4-10(14)6-9(11)7-15-17-13(19)12-8(2)16-18-21-12/h4-7H,3H2,1-2H3,(H,17,19). The zero-order valence-corrected chi connectivity index (χ0v) is 13.9. The maximum Gasteiger partial charge on any atom is 0.285 e. The molecule has 0 aliphatic heterocycles. The summed E-state index contributed by atoms with van der Waals surface area (Å²) >= 11 is 4.43. The van der Waals surface area contributed by atoms with Crippen LogP contribution in [0.5, 0.6) is 5.75 Å². The van der Waals surface area contributed by atoms with Crippen molar-refractivity contribution in [1.82, 2.24) is 15.0 Å². The van der Waals surface area contributed by atoms with Crippen LogP contribution in [-0.2, 0) is 0 Å². The summed E-state index contributed by atoms with van der Waals surface area (Å²) in [5.74, 6) is 0.376. The highest BCUT2D eigenvalue weighted by molar-refractivity contribution is 9.10. The highest BCUT2D eigenvalue weighted by Gasteiger charge is 2.12. The van der Waals surface area contributed by atoms with Gasteiger partial charge in [-0.2, -0.15) is 5.10 Å². The van der Waals surface area contributed by atoms with Crippen LogP contribution in [0.3, 0.4) is 0 Å². The van der Waals surface area contributed by atoms with Crippen LogP contribution in [0.15, 0.2) is 27.8 Å². The summed E-state index contributed by atoms with van der Waals surface area (Å²) in [4.78, 5) is 12.3. The van der Waals surface area contributed by atoms with Crippen molar-refractivity contribution in [2.45, 2.75) is 13.8 Å². The number of ether oxygens (including phenoxy) is 1. The Bertz CT molecular complexity index is 672. The van der Waals surface area contributed by atoms with Gasteiger partial charge in [0, 0.05) is 10.0 Å². The van der Waals surface area contributed by atoms with Gasteiger partial charge in [-0.25, -0.2) is 5.43 Å². The third kappa shape index (κ3) is 4.08. The van der Waals surface area contributed by atoms with Crippen molar-refractivity contribution in [3.05, 3.63) is 38.8 Å². The second-order valence-corrected chi connectivity index (χ2v) is 5.67. The summed E-state index contributed by atoms with van der Waals surface area (Å²) in [6.45, 7) is 4.19. The molecule has 0 unspecified atom stereocenters. The fourth-order valence-electron chi connectivity index (χ4n) is 1.56. The highest BCUT2D eigenvalue weighted by Crippen LogP contribution is 2.21. The summed E-state index contributed by atoms with van der Waals surface area (Å²) in [5, 5.41) is 7.73. The highest BCUT2D eigenvalue weighted by atomic mass is 79.9. The first-order valence-corrected chi connectivity index (χ1v) is 7.73. The molecule has 1 aromatic heterocycles. The van der Waals surface area contributed by atoms with E-state index >= 15 is 0 Å². The van der Waals surface area contributed by atoms with E-state index in [1.165, 1.54) is 6.21 Å². The Morgan fingerprint density at radius 2 is 2.38 bits per heavy atom. The molecule has 21 heavy (non-hydrogen) atoms. The average molecular weight is 369 g/mol. The van der Waals surface area contributed by atoms with Crippen LogP contribution < -0.4 is 10.2 Å². The molecule has 6 nitrogen and oxygen atoms in total. The molecule has 0 atom stereocenters. The third-order valence-corrected chi connectivity index (χ3v) is 3.82. The summed E-state index contributed by atoms with van der Waals surface area (Å²) in [6.07, 6.45) is 1.54. The van der Waals surface area contributed by atoms with E-state index in [9.17, 15) is 4.79 Å². The number of halogens is 1. The number of carbonyl (C=O) groups is 1. The van der Waals surface area contributed by atoms with Gasteiger partial charge in [-0.3, -0.25) is 4.79 Å². The average Bonchev–Trinajstić information content (AvgIpc) is 2.88. The topological polar surface area (TPSA) is 76.5 Å². The van der Waals surface area contributed by atoms with Gasteiger partial charge in [-0.1, -0.05) is 20.4 Å². The summed E-state index contributed by atoms with van der Waals surface area (Å²) in [5.41, 5.74) is 3.81. The fraction of sp³-hybridized carbons (Fsp3) is 0.231. The molecule has 0 bridgehead atoms. The number of carbonyl (C=O) groups excluding carboxylic acids is 1. The molecule has 0 aliphatic carbocycles. The SMILES string of the molecule is CCOc1ccc(Br)cc1C=NNC(=O)c1snnc1C. The molecule has 1 N–H and O–H groups in total. The Morgan fingerprint density at radius 3 is 3.05 bits per heavy atom. The van der Waals surface area contributed by atoms with Gasteiger partial charge in [0.1, 0.15) is 10.6 Å². The number of benzene rings is 1. The van der Waals surface area contributed by atoms with E-state index in [4.69, 9.17) is 4.74 Å². The molecule has 2 aromatic rings. The molecule has 0 saturated carbocycles. The molecule has 0 saturated heterocycles. The van der Waals surface area contributed by atoms with Gasteiger partial charge in [0.25, 0.3) is 5.91 Å². The van der Waals surface area contributed by atoms with Crippen LogP contribution in [0.2, 0.25) is 0 Å². The minimum atomic E-state index is -0.327. The van der Waals surface area contributed by atoms with Crippen molar-refractivity contribution in [3.63, 3.8) is 0 Å². The number of aromatic nitrogens is 2. The lowest BCUT2D eigenvalue weighted by Crippen LogP contribution is -2.17. The second-order valence-electron chi connectivity index (χ2n) is 4.00. The number of nitrogens with one attached hydrogen (secondary N) is 1. The van der Waals surface area contributed by atoms with Crippen LogP contribution in [0, 0.1) is 6.92 Å². The number of aryl methyl sites for hydroxylation is 1. The lowest BCUT2D eigenvalue weighted by Gasteiger charge is -2.06. The van der Waals surface area contributed by atoms with Crippen LogP contribution in [0.4, 0.5) is 0 Å². The van der Waals surface area contributed by atoms with Gasteiger partial charge in [0.15, 0.2) is 0 Å². The van der Waals surface area contributed by atoms with E-state index in [0.29, 0.717) is 22.9 Å². The van der Waals surface area contributed by atoms with Crippen molar-refractivity contribution in [2.75, 3.05) is 6.61 Å². The molecule has 1 aromatic carbocycles.